The molecule has 5 heteroatoms. The summed E-state index contributed by atoms with van der Waals surface area (Å²) in [6, 6.07) is 0. The summed E-state index contributed by atoms with van der Waals surface area (Å²) in [6.07, 6.45) is -4.19. The van der Waals surface area contributed by atoms with E-state index >= 15 is 0 Å². The second-order valence-electron chi connectivity index (χ2n) is 1.35. The lowest BCUT2D eigenvalue weighted by Gasteiger charge is -2.08. The molecule has 0 aliphatic carbocycles. The Morgan fingerprint density at radius 1 is 1.50 bits per heavy atom. The molecule has 0 aromatic heterocycles. The van der Waals surface area contributed by atoms with Crippen LogP contribution >= 0.6 is 12.6 Å². The van der Waals surface area contributed by atoms with Gasteiger partial charge in [0.1, 0.15) is 5.25 Å². The van der Waals surface area contributed by atoms with E-state index in [1.165, 1.54) is 0 Å². The molecule has 8 heavy (non-hydrogen) atoms. The van der Waals surface area contributed by atoms with Crippen molar-refractivity contribution in [2.45, 2.75) is 11.4 Å². The largest absolute Gasteiger partial charge is 0.405 e. The van der Waals surface area contributed by atoms with E-state index in [4.69, 9.17) is 0 Å². The van der Waals surface area contributed by atoms with E-state index in [2.05, 4.69) is 18.4 Å². The predicted octanol–water partition coefficient (Wildman–Crippen LogP) is 0.0890. The summed E-state index contributed by atoms with van der Waals surface area (Å²) < 4.78 is 34.0. The van der Waals surface area contributed by atoms with E-state index in [0.717, 1.165) is 0 Å². The number of rotatable bonds is 1. The highest BCUT2D eigenvalue weighted by atomic mass is 32.1. The smallest absolute Gasteiger partial charge is 0.356 e. The fraction of sp³-hybridized carbons (Fsp3) is 1.00. The molecule has 0 spiro atoms. The van der Waals surface area contributed by atoms with Gasteiger partial charge in [0.15, 0.2) is 0 Å². The summed E-state index contributed by atoms with van der Waals surface area (Å²) in [4.78, 5) is 0. The predicted molar refractivity (Wildman–Crippen MR) is 26.6 cm³/mol. The number of hydrogen-bond donors (Lipinski definition) is 2. The molecule has 0 unspecified atom stereocenters. The van der Waals surface area contributed by atoms with Crippen LogP contribution in [0.25, 0.3) is 0 Å². The van der Waals surface area contributed by atoms with Gasteiger partial charge in [0.05, 0.1) is 6.54 Å². The first kappa shape index (κ1) is 8.10. The first-order valence-electron chi connectivity index (χ1n) is 2.02. The van der Waals surface area contributed by atoms with Gasteiger partial charge in [-0.15, -0.1) is 0 Å². The Morgan fingerprint density at radius 2 is 1.88 bits per heavy atom. The number of thiol groups is 1. The van der Waals surface area contributed by atoms with Gasteiger partial charge >= 0.3 is 6.18 Å². The van der Waals surface area contributed by atoms with Crippen LogP contribution in [0.5, 0.6) is 0 Å². The molecular weight excluding hydrogens is 139 g/mol. The van der Waals surface area contributed by atoms with Crippen LogP contribution < -0.4 is 5.73 Å². The maximum atomic E-state index is 11.3. The summed E-state index contributed by atoms with van der Waals surface area (Å²) in [7, 11) is 0. The number of alkyl halides is 3. The molecule has 0 rings (SSSR count). The van der Waals surface area contributed by atoms with Crippen molar-refractivity contribution in [2.24, 2.45) is 0 Å². The normalized spacial score (nSPS) is 16.1. The van der Waals surface area contributed by atoms with E-state index < -0.39 is 11.4 Å². The van der Waals surface area contributed by atoms with Crippen molar-refractivity contribution in [1.82, 2.24) is 0 Å². The van der Waals surface area contributed by atoms with Crippen molar-refractivity contribution < 1.29 is 18.9 Å². The van der Waals surface area contributed by atoms with Crippen LogP contribution in [0.2, 0.25) is 0 Å². The van der Waals surface area contributed by atoms with Crippen LogP contribution in [0.4, 0.5) is 13.2 Å². The summed E-state index contributed by atoms with van der Waals surface area (Å²) in [5.41, 5.74) is 3.06. The van der Waals surface area contributed by atoms with Crippen LogP contribution in [0.15, 0.2) is 0 Å². The van der Waals surface area contributed by atoms with Gasteiger partial charge in [-0.3, -0.25) is 0 Å². The summed E-state index contributed by atoms with van der Waals surface area (Å²) >= 11 is 3.22. The lowest BCUT2D eigenvalue weighted by atomic mass is 10.4. The third-order valence-corrected chi connectivity index (χ3v) is 1.20. The Labute approximate surface area is 50.5 Å². The Morgan fingerprint density at radius 3 is 1.88 bits per heavy atom. The molecule has 3 N–H and O–H groups in total. The number of halogens is 3. The van der Waals surface area contributed by atoms with Gasteiger partial charge in [0.25, 0.3) is 0 Å². The van der Waals surface area contributed by atoms with E-state index in [1.807, 2.05) is 0 Å². The zero-order valence-corrected chi connectivity index (χ0v) is 4.97. The second-order valence-corrected chi connectivity index (χ2v) is 1.97. The zero-order valence-electron chi connectivity index (χ0n) is 4.07. The first-order chi connectivity index (χ1) is 3.48. The molecule has 0 aliphatic heterocycles. The van der Waals surface area contributed by atoms with Crippen molar-refractivity contribution in [3.8, 4) is 0 Å². The maximum absolute atomic E-state index is 11.3. The Kier molecular flexibility index (Phi) is 2.62. The maximum Gasteiger partial charge on any atom is 0.405 e. The molecule has 0 saturated heterocycles. The van der Waals surface area contributed by atoms with Gasteiger partial charge in [-0.1, -0.05) is 0 Å². The van der Waals surface area contributed by atoms with Crippen LogP contribution in [0.3, 0.4) is 0 Å². The summed E-state index contributed by atoms with van der Waals surface area (Å²) in [5, 5.41) is -1.57. The van der Waals surface area contributed by atoms with Gasteiger partial charge in [0, 0.05) is 0 Å². The zero-order chi connectivity index (χ0) is 6.78. The molecule has 50 valence electrons. The van der Waals surface area contributed by atoms with E-state index in [1.54, 1.807) is 0 Å². The van der Waals surface area contributed by atoms with Gasteiger partial charge in [-0.2, -0.15) is 25.8 Å². The Hall–Kier alpha value is 0.100. The third kappa shape index (κ3) is 2.42. The minimum atomic E-state index is -4.19. The average molecular weight is 146 g/mol. The average Bonchev–Trinajstić information content (AvgIpc) is 1.62. The lowest BCUT2D eigenvalue weighted by molar-refractivity contribution is -0.377. The van der Waals surface area contributed by atoms with Crippen LogP contribution in [-0.4, -0.2) is 18.0 Å². The molecule has 0 bridgehead atoms. The SMILES string of the molecule is [NH3+]C[C@H](S)C(F)(F)F. The fourth-order valence-electron chi connectivity index (χ4n) is 0.164. The van der Waals surface area contributed by atoms with E-state index in [9.17, 15) is 13.2 Å². The second kappa shape index (κ2) is 2.59. The highest BCUT2D eigenvalue weighted by Gasteiger charge is 2.37. The molecule has 0 saturated carbocycles. The molecule has 0 aromatic rings. The van der Waals surface area contributed by atoms with Crippen molar-refractivity contribution in [3.05, 3.63) is 0 Å². The molecule has 0 amide bonds. The molecule has 0 aliphatic rings. The van der Waals surface area contributed by atoms with Gasteiger partial charge < -0.3 is 5.73 Å². The Balaban J connectivity index is 3.62. The topological polar surface area (TPSA) is 27.6 Å². The highest BCUT2D eigenvalue weighted by molar-refractivity contribution is 7.81. The monoisotopic (exact) mass is 146 g/mol. The molecule has 1 atom stereocenters. The van der Waals surface area contributed by atoms with E-state index in [0.29, 0.717) is 0 Å². The standard InChI is InChI=1S/C3H6F3NS/c4-3(5,6)2(8)1-7/h2,8H,1,7H2/p+1/t2-/m0/s1. The molecule has 0 aromatic carbocycles. The first-order valence-corrected chi connectivity index (χ1v) is 2.54. The fourth-order valence-corrected chi connectivity index (χ4v) is 0.164. The van der Waals surface area contributed by atoms with Crippen LogP contribution in [0.1, 0.15) is 0 Å². The minimum Gasteiger partial charge on any atom is -0.356 e. The number of quaternary nitrogens is 1. The lowest BCUT2D eigenvalue weighted by Crippen LogP contribution is -2.57. The number of hydrogen-bond acceptors (Lipinski definition) is 1. The minimum absolute atomic E-state index is 0.216. The van der Waals surface area contributed by atoms with E-state index in [-0.39, 0.29) is 6.54 Å². The van der Waals surface area contributed by atoms with Gasteiger partial charge in [-0.25, -0.2) is 0 Å². The van der Waals surface area contributed by atoms with Crippen molar-refractivity contribution in [1.29, 1.82) is 0 Å². The van der Waals surface area contributed by atoms with Gasteiger partial charge in [-0.05, 0) is 0 Å². The summed E-state index contributed by atoms with van der Waals surface area (Å²) in [6.45, 7) is -0.216. The third-order valence-electron chi connectivity index (χ3n) is 0.651. The Bertz CT molecular complexity index is 71.4. The van der Waals surface area contributed by atoms with Gasteiger partial charge in [0.2, 0.25) is 0 Å². The van der Waals surface area contributed by atoms with Crippen molar-refractivity contribution >= 4 is 12.6 Å². The molecule has 0 fully saturated rings. The summed E-state index contributed by atoms with van der Waals surface area (Å²) in [5.74, 6) is 0. The van der Waals surface area contributed by atoms with Crippen molar-refractivity contribution in [3.63, 3.8) is 0 Å². The molecule has 0 radical (unpaired) electrons. The molecule has 0 heterocycles. The highest BCUT2D eigenvalue weighted by Crippen LogP contribution is 2.22. The van der Waals surface area contributed by atoms with Crippen molar-refractivity contribution in [2.75, 3.05) is 6.54 Å². The van der Waals surface area contributed by atoms with Crippen LogP contribution in [-0.2, 0) is 0 Å². The van der Waals surface area contributed by atoms with Crippen LogP contribution in [0, 0.1) is 0 Å². The molecule has 1 nitrogen and oxygen atoms in total. The molecular formula is C3H7F3NS+. The quantitative estimate of drug-likeness (QED) is 0.491.